The van der Waals surface area contributed by atoms with Gasteiger partial charge in [0.05, 0.1) is 6.04 Å². The number of nitrogens with zero attached hydrogens (tertiary/aromatic N) is 2. The molecule has 0 aliphatic carbocycles. The third-order valence-electron chi connectivity index (χ3n) is 3.18. The third-order valence-corrected chi connectivity index (χ3v) is 3.18. The van der Waals surface area contributed by atoms with Crippen molar-refractivity contribution in [1.29, 1.82) is 0 Å². The first-order valence-corrected chi connectivity index (χ1v) is 6.25. The van der Waals surface area contributed by atoms with Crippen LogP contribution in [0.1, 0.15) is 57.8 Å². The van der Waals surface area contributed by atoms with E-state index in [0.717, 1.165) is 25.9 Å². The lowest BCUT2D eigenvalue weighted by molar-refractivity contribution is 0.00768. The Hall–Kier alpha value is -0.940. The van der Waals surface area contributed by atoms with Crippen molar-refractivity contribution < 1.29 is 9.26 Å². The molecule has 1 aliphatic heterocycles. The number of ether oxygens (including phenoxy) is 1. The molecule has 5 heteroatoms. The van der Waals surface area contributed by atoms with Crippen LogP contribution in [-0.2, 0) is 10.3 Å². The normalized spacial score (nSPS) is 26.6. The fourth-order valence-corrected chi connectivity index (χ4v) is 2.16. The van der Waals surface area contributed by atoms with Gasteiger partial charge in [-0.2, -0.15) is 4.98 Å². The average molecular weight is 239 g/mol. The predicted octanol–water partition coefficient (Wildman–Crippen LogP) is 2.14. The molecule has 17 heavy (non-hydrogen) atoms. The Kier molecular flexibility index (Phi) is 3.49. The number of hydrogen-bond donors (Lipinski definition) is 1. The zero-order chi connectivity index (χ0) is 12.5. The highest BCUT2D eigenvalue weighted by molar-refractivity contribution is 5.03. The molecule has 2 unspecified atom stereocenters. The summed E-state index contributed by atoms with van der Waals surface area (Å²) in [5.41, 5.74) is 5.62. The molecule has 1 aromatic heterocycles. The maximum atomic E-state index is 6.01. The van der Waals surface area contributed by atoms with Gasteiger partial charge in [0.15, 0.2) is 0 Å². The Morgan fingerprint density at radius 2 is 2.24 bits per heavy atom. The summed E-state index contributed by atoms with van der Waals surface area (Å²) >= 11 is 0. The molecule has 0 radical (unpaired) electrons. The van der Waals surface area contributed by atoms with Crippen LogP contribution in [0.25, 0.3) is 0 Å². The first-order chi connectivity index (χ1) is 8.01. The third kappa shape index (κ3) is 2.66. The minimum absolute atomic E-state index is 0.179. The van der Waals surface area contributed by atoms with E-state index in [1.54, 1.807) is 0 Å². The molecule has 1 fully saturated rings. The Balaban J connectivity index is 2.10. The van der Waals surface area contributed by atoms with Crippen molar-refractivity contribution in [2.75, 3.05) is 6.61 Å². The highest BCUT2D eigenvalue weighted by atomic mass is 16.5. The van der Waals surface area contributed by atoms with Crippen LogP contribution in [0.2, 0.25) is 0 Å². The maximum absolute atomic E-state index is 6.01. The lowest BCUT2D eigenvalue weighted by atomic mass is 10.0. The maximum Gasteiger partial charge on any atom is 0.243 e. The van der Waals surface area contributed by atoms with Crippen molar-refractivity contribution in [1.82, 2.24) is 10.1 Å². The Morgan fingerprint density at radius 1 is 1.47 bits per heavy atom. The van der Waals surface area contributed by atoms with E-state index < -0.39 is 0 Å². The first kappa shape index (κ1) is 12.5. The van der Waals surface area contributed by atoms with Gasteiger partial charge in [-0.1, -0.05) is 19.0 Å². The first-order valence-electron chi connectivity index (χ1n) is 6.25. The standard InChI is InChI=1S/C12H21N3O2/c1-8(2)7-9(13)10-14-11(15-17-10)12(3)5-4-6-16-12/h8-9H,4-7,13H2,1-3H3. The second kappa shape index (κ2) is 4.74. The average Bonchev–Trinajstić information content (AvgIpc) is 2.85. The zero-order valence-corrected chi connectivity index (χ0v) is 10.8. The fraction of sp³-hybridized carbons (Fsp3) is 0.833. The topological polar surface area (TPSA) is 74.2 Å². The summed E-state index contributed by atoms with van der Waals surface area (Å²) in [6, 6.07) is -0.179. The molecule has 0 bridgehead atoms. The molecule has 2 rings (SSSR count). The number of nitrogens with two attached hydrogens (primary N) is 1. The Bertz CT molecular complexity index is 370. The summed E-state index contributed by atoms with van der Waals surface area (Å²) in [5.74, 6) is 1.66. The molecule has 2 heterocycles. The molecule has 2 N–H and O–H groups in total. The van der Waals surface area contributed by atoms with E-state index in [4.69, 9.17) is 15.0 Å². The molecule has 0 spiro atoms. The number of hydrogen-bond acceptors (Lipinski definition) is 5. The van der Waals surface area contributed by atoms with Crippen LogP contribution in [0.5, 0.6) is 0 Å². The molecule has 2 atom stereocenters. The van der Waals surface area contributed by atoms with Crippen LogP contribution in [-0.4, -0.2) is 16.7 Å². The van der Waals surface area contributed by atoms with Gasteiger partial charge in [-0.3, -0.25) is 0 Å². The van der Waals surface area contributed by atoms with Crippen molar-refractivity contribution >= 4 is 0 Å². The van der Waals surface area contributed by atoms with E-state index in [9.17, 15) is 0 Å². The highest BCUT2D eigenvalue weighted by Crippen LogP contribution is 2.34. The molecule has 0 aromatic carbocycles. The van der Waals surface area contributed by atoms with Gasteiger partial charge in [0, 0.05) is 6.61 Å². The summed E-state index contributed by atoms with van der Waals surface area (Å²) in [6.45, 7) is 7.01. The van der Waals surface area contributed by atoms with Gasteiger partial charge in [-0.25, -0.2) is 0 Å². The summed E-state index contributed by atoms with van der Waals surface area (Å²) in [6.07, 6.45) is 2.82. The van der Waals surface area contributed by atoms with Crippen molar-refractivity contribution in [3.63, 3.8) is 0 Å². The van der Waals surface area contributed by atoms with Crippen molar-refractivity contribution in [2.45, 2.75) is 51.7 Å². The van der Waals surface area contributed by atoms with Crippen LogP contribution >= 0.6 is 0 Å². The van der Waals surface area contributed by atoms with E-state index >= 15 is 0 Å². The molecule has 1 saturated heterocycles. The van der Waals surface area contributed by atoms with E-state index in [-0.39, 0.29) is 11.6 Å². The molecule has 96 valence electrons. The predicted molar refractivity (Wildman–Crippen MR) is 63.2 cm³/mol. The van der Waals surface area contributed by atoms with Crippen molar-refractivity contribution in [2.24, 2.45) is 11.7 Å². The molecular formula is C12H21N3O2. The summed E-state index contributed by atoms with van der Waals surface area (Å²) in [7, 11) is 0. The quantitative estimate of drug-likeness (QED) is 0.871. The second-order valence-corrected chi connectivity index (χ2v) is 5.38. The molecule has 1 aromatic rings. The van der Waals surface area contributed by atoms with E-state index in [0.29, 0.717) is 17.6 Å². The minimum atomic E-state index is -0.390. The molecular weight excluding hydrogens is 218 g/mol. The number of rotatable bonds is 4. The minimum Gasteiger partial charge on any atom is -0.367 e. The lowest BCUT2D eigenvalue weighted by Crippen LogP contribution is -2.22. The van der Waals surface area contributed by atoms with Crippen molar-refractivity contribution in [3.05, 3.63) is 11.7 Å². The van der Waals surface area contributed by atoms with Gasteiger partial charge in [0.25, 0.3) is 0 Å². The largest absolute Gasteiger partial charge is 0.367 e. The van der Waals surface area contributed by atoms with Gasteiger partial charge in [0.1, 0.15) is 5.60 Å². The summed E-state index contributed by atoms with van der Waals surface area (Å²) in [5, 5.41) is 4.01. The highest BCUT2D eigenvalue weighted by Gasteiger charge is 2.37. The van der Waals surface area contributed by atoms with Gasteiger partial charge >= 0.3 is 0 Å². The van der Waals surface area contributed by atoms with Gasteiger partial charge in [0.2, 0.25) is 11.7 Å². The van der Waals surface area contributed by atoms with Crippen LogP contribution in [0.3, 0.4) is 0 Å². The monoisotopic (exact) mass is 239 g/mol. The fourth-order valence-electron chi connectivity index (χ4n) is 2.16. The lowest BCUT2D eigenvalue weighted by Gasteiger charge is -2.17. The van der Waals surface area contributed by atoms with Crippen LogP contribution in [0, 0.1) is 5.92 Å². The summed E-state index contributed by atoms with van der Waals surface area (Å²) in [4.78, 5) is 4.39. The van der Waals surface area contributed by atoms with Crippen LogP contribution in [0.4, 0.5) is 0 Å². The molecule has 1 aliphatic rings. The summed E-state index contributed by atoms with van der Waals surface area (Å²) < 4.78 is 10.9. The van der Waals surface area contributed by atoms with Gasteiger partial charge in [-0.15, -0.1) is 0 Å². The van der Waals surface area contributed by atoms with Gasteiger partial charge < -0.3 is 15.0 Å². The second-order valence-electron chi connectivity index (χ2n) is 5.38. The van der Waals surface area contributed by atoms with E-state index in [1.807, 2.05) is 6.92 Å². The smallest absolute Gasteiger partial charge is 0.243 e. The van der Waals surface area contributed by atoms with Gasteiger partial charge in [-0.05, 0) is 32.1 Å². The Morgan fingerprint density at radius 3 is 2.82 bits per heavy atom. The van der Waals surface area contributed by atoms with E-state index in [1.165, 1.54) is 0 Å². The van der Waals surface area contributed by atoms with Crippen LogP contribution in [0.15, 0.2) is 4.52 Å². The van der Waals surface area contributed by atoms with Crippen LogP contribution < -0.4 is 5.73 Å². The zero-order valence-electron chi connectivity index (χ0n) is 10.8. The van der Waals surface area contributed by atoms with Crippen molar-refractivity contribution in [3.8, 4) is 0 Å². The SMILES string of the molecule is CC(C)CC(N)c1nc(C2(C)CCCO2)no1. The molecule has 0 amide bonds. The number of aromatic nitrogens is 2. The molecule has 5 nitrogen and oxygen atoms in total. The molecule has 0 saturated carbocycles. The Labute approximate surface area is 102 Å². The van der Waals surface area contributed by atoms with E-state index in [2.05, 4.69) is 24.0 Å².